The lowest BCUT2D eigenvalue weighted by Gasteiger charge is -2.51. The molecule has 0 N–H and O–H groups in total. The maximum Gasteiger partial charge on any atom is 0.332 e. The number of rotatable bonds is 16. The number of esters is 1. The third kappa shape index (κ3) is 11.9. The van der Waals surface area contributed by atoms with E-state index in [9.17, 15) is 4.79 Å². The first-order valence-electron chi connectivity index (χ1n) is 21.3. The fraction of sp³-hybridized carbons (Fsp3) is 0.804. The zero-order valence-corrected chi connectivity index (χ0v) is 39.4. The van der Waals surface area contributed by atoms with Gasteiger partial charge in [-0.25, -0.2) is 4.79 Å². The maximum absolute atomic E-state index is 13.7. The minimum Gasteiger partial charge on any atom is -0.461 e. The van der Waals surface area contributed by atoms with Gasteiger partial charge in [0, 0.05) is 12.8 Å². The summed E-state index contributed by atoms with van der Waals surface area (Å²) in [5.74, 6) is 0.320. The average molecular weight is 771 g/mol. The summed E-state index contributed by atoms with van der Waals surface area (Å²) in [6.07, 6.45) is 17.6. The summed E-state index contributed by atoms with van der Waals surface area (Å²) in [6, 6.07) is 0. The highest BCUT2D eigenvalue weighted by molar-refractivity contribution is 6.74. The highest BCUT2D eigenvalue weighted by atomic mass is 28.4. The summed E-state index contributed by atoms with van der Waals surface area (Å²) in [7, 11) is -4.61. The number of ether oxygens (including phenoxy) is 2. The Labute approximate surface area is 329 Å². The van der Waals surface area contributed by atoms with Gasteiger partial charge in [-0.2, -0.15) is 0 Å². The van der Waals surface area contributed by atoms with E-state index in [1.807, 2.05) is 0 Å². The molecule has 0 aromatic carbocycles. The minimum absolute atomic E-state index is 0.0180. The van der Waals surface area contributed by atoms with E-state index >= 15 is 0 Å². The van der Waals surface area contributed by atoms with E-state index in [1.165, 1.54) is 12.8 Å². The summed E-state index contributed by atoms with van der Waals surface area (Å²) in [5.41, 5.74) is 5.56. The van der Waals surface area contributed by atoms with Crippen LogP contribution in [0.25, 0.3) is 0 Å². The molecule has 0 aromatic rings. The van der Waals surface area contributed by atoms with E-state index < -0.39 is 22.4 Å². The normalized spacial score (nSPS) is 27.7. The van der Waals surface area contributed by atoms with Crippen molar-refractivity contribution in [3.8, 4) is 0 Å². The van der Waals surface area contributed by atoms with Gasteiger partial charge in [-0.05, 0) is 128 Å². The van der Waals surface area contributed by atoms with Gasteiger partial charge in [-0.3, -0.25) is 0 Å². The molecule has 5 nitrogen and oxygen atoms in total. The van der Waals surface area contributed by atoms with Crippen LogP contribution in [0.1, 0.15) is 154 Å². The topological polar surface area (TPSA) is 54.0 Å². The van der Waals surface area contributed by atoms with Crippen LogP contribution in [0.5, 0.6) is 0 Å². The summed E-state index contributed by atoms with van der Waals surface area (Å²) >= 11 is 0. The Hall–Kier alpha value is -1.26. The van der Waals surface area contributed by atoms with Crippen LogP contribution in [-0.4, -0.2) is 47.2 Å². The van der Waals surface area contributed by atoms with Gasteiger partial charge in [-0.1, -0.05) is 119 Å². The third-order valence-corrected chi connectivity index (χ3v) is 22.7. The first-order valence-corrected chi connectivity index (χ1v) is 27.1. The van der Waals surface area contributed by atoms with Crippen LogP contribution in [0.15, 0.2) is 47.1 Å². The fourth-order valence-corrected chi connectivity index (χ4v) is 10.8. The van der Waals surface area contributed by atoms with Crippen molar-refractivity contribution in [2.45, 2.75) is 208 Å². The summed E-state index contributed by atoms with van der Waals surface area (Å²) in [5, 5.41) is -0.0397. The molecule has 0 bridgehead atoms. The van der Waals surface area contributed by atoms with Gasteiger partial charge >= 0.3 is 5.97 Å². The van der Waals surface area contributed by atoms with Gasteiger partial charge in [0.15, 0.2) is 22.4 Å². The van der Waals surface area contributed by atoms with Gasteiger partial charge in [0.25, 0.3) is 0 Å². The molecule has 0 unspecified atom stereocenters. The Kier molecular flexibility index (Phi) is 15.6. The standard InChI is InChI=1S/C46H82O5Si2/c1-18-38-25-28-40-36(20-19-29-45(38,40)13)23-24-37-30-46(51-53(16,17)44(10,11)12,31-41(35(37)6)50-52(14,15)43(7,8)9)48-32-42(47)49-39(26-21-33(2)3)27-22-34(4)5/h23-25,33-34,39-41H,6,18-22,26-32H2,1-5,7-17H3/t40-,41-,45+,46+/m0/s1. The maximum atomic E-state index is 13.7. The molecule has 4 atom stereocenters. The molecule has 0 aromatic heterocycles. The van der Waals surface area contributed by atoms with E-state index in [-0.39, 0.29) is 40.3 Å². The molecule has 0 amide bonds. The Morgan fingerprint density at radius 1 is 0.943 bits per heavy atom. The number of allylic oxidation sites excluding steroid dienone is 5. The SMILES string of the molecule is C=C1C(=CC=C2CCC[C@]3(C)C(CC)=CC[C@@H]23)C[C@@](OCC(=O)OC(CCC(C)C)CCC(C)C)(O[Si](C)(C)C(C)(C)C)C[C@@H]1O[Si](C)(C)C(C)(C)C. The Morgan fingerprint density at radius 2 is 1.53 bits per heavy atom. The predicted molar refractivity (Wildman–Crippen MR) is 230 cm³/mol. The zero-order chi connectivity index (χ0) is 40.2. The molecule has 0 heterocycles. The van der Waals surface area contributed by atoms with Gasteiger partial charge in [0.1, 0.15) is 12.7 Å². The molecular weight excluding hydrogens is 689 g/mol. The van der Waals surface area contributed by atoms with Crippen molar-refractivity contribution in [2.24, 2.45) is 23.2 Å². The van der Waals surface area contributed by atoms with Crippen molar-refractivity contribution in [1.29, 1.82) is 0 Å². The van der Waals surface area contributed by atoms with Crippen LogP contribution in [0.2, 0.25) is 36.3 Å². The molecule has 0 spiro atoms. The monoisotopic (exact) mass is 771 g/mol. The minimum atomic E-state index is -2.39. The van der Waals surface area contributed by atoms with E-state index in [0.717, 1.165) is 56.1 Å². The van der Waals surface area contributed by atoms with Gasteiger partial charge in [0.05, 0.1) is 6.10 Å². The molecule has 2 saturated carbocycles. The van der Waals surface area contributed by atoms with E-state index in [0.29, 0.717) is 30.6 Å². The highest BCUT2D eigenvalue weighted by Crippen LogP contribution is 2.56. The molecule has 3 aliphatic carbocycles. The van der Waals surface area contributed by atoms with Crippen LogP contribution in [0, 0.1) is 23.2 Å². The van der Waals surface area contributed by atoms with Crippen molar-refractivity contribution in [1.82, 2.24) is 0 Å². The smallest absolute Gasteiger partial charge is 0.332 e. The predicted octanol–water partition coefficient (Wildman–Crippen LogP) is 13.6. The molecule has 2 fully saturated rings. The van der Waals surface area contributed by atoms with Crippen LogP contribution in [0.4, 0.5) is 0 Å². The second-order valence-corrected chi connectivity index (χ2v) is 30.4. The number of hydrogen-bond donors (Lipinski definition) is 0. The Balaban J connectivity index is 2.06. The molecule has 304 valence electrons. The van der Waals surface area contributed by atoms with Gasteiger partial charge in [0.2, 0.25) is 0 Å². The second-order valence-electron chi connectivity index (χ2n) is 21.0. The largest absolute Gasteiger partial charge is 0.461 e. The molecule has 3 aliphatic rings. The lowest BCUT2D eigenvalue weighted by atomic mass is 9.64. The lowest BCUT2D eigenvalue weighted by Crippen LogP contribution is -2.56. The van der Waals surface area contributed by atoms with Crippen molar-refractivity contribution >= 4 is 22.6 Å². The van der Waals surface area contributed by atoms with Gasteiger partial charge in [-0.15, -0.1) is 0 Å². The summed E-state index contributed by atoms with van der Waals surface area (Å²) in [4.78, 5) is 13.7. The van der Waals surface area contributed by atoms with Gasteiger partial charge < -0.3 is 18.3 Å². The van der Waals surface area contributed by atoms with E-state index in [1.54, 1.807) is 11.1 Å². The average Bonchev–Trinajstić information content (AvgIpc) is 3.37. The van der Waals surface area contributed by atoms with Crippen LogP contribution in [0.3, 0.4) is 0 Å². The lowest BCUT2D eigenvalue weighted by molar-refractivity contribution is -0.217. The molecule has 53 heavy (non-hydrogen) atoms. The number of carbonyl (C=O) groups is 1. The molecule has 7 heteroatoms. The number of carbonyl (C=O) groups excluding carboxylic acids is 1. The quantitative estimate of drug-likeness (QED) is 0.0677. The van der Waals surface area contributed by atoms with Crippen LogP contribution < -0.4 is 0 Å². The van der Waals surface area contributed by atoms with Crippen LogP contribution >= 0.6 is 0 Å². The zero-order valence-electron chi connectivity index (χ0n) is 37.4. The first kappa shape index (κ1) is 46.1. The third-order valence-electron chi connectivity index (χ3n) is 13.7. The Morgan fingerprint density at radius 3 is 2.06 bits per heavy atom. The molecule has 0 radical (unpaired) electrons. The number of fused-ring (bicyclic) bond motifs is 1. The van der Waals surface area contributed by atoms with Crippen molar-refractivity contribution in [3.63, 3.8) is 0 Å². The van der Waals surface area contributed by atoms with Crippen molar-refractivity contribution < 1.29 is 23.1 Å². The molecule has 0 saturated heterocycles. The highest BCUT2D eigenvalue weighted by Gasteiger charge is 2.52. The first-order chi connectivity index (χ1) is 24.3. The van der Waals surface area contributed by atoms with E-state index in [4.69, 9.17) is 24.9 Å². The molecule has 3 rings (SSSR count). The molecule has 0 aliphatic heterocycles. The molecular formula is C46H82O5Si2. The second kappa shape index (κ2) is 17.9. The van der Waals surface area contributed by atoms with Crippen molar-refractivity contribution in [3.05, 3.63) is 47.1 Å². The summed E-state index contributed by atoms with van der Waals surface area (Å²) < 4.78 is 27.7. The Bertz CT molecular complexity index is 1340. The van der Waals surface area contributed by atoms with Crippen molar-refractivity contribution in [2.75, 3.05) is 6.61 Å². The van der Waals surface area contributed by atoms with E-state index in [2.05, 4.69) is 128 Å². The summed E-state index contributed by atoms with van der Waals surface area (Å²) in [6.45, 7) is 41.1. The number of hydrogen-bond acceptors (Lipinski definition) is 5. The van der Waals surface area contributed by atoms with Crippen LogP contribution in [-0.2, 0) is 23.1 Å². The fourth-order valence-electron chi connectivity index (χ4n) is 8.11.